The van der Waals surface area contributed by atoms with Crippen LogP contribution >= 0.6 is 0 Å². The predicted octanol–water partition coefficient (Wildman–Crippen LogP) is 3.36. The van der Waals surface area contributed by atoms with Gasteiger partial charge in [0.15, 0.2) is 17.1 Å². The predicted molar refractivity (Wildman–Crippen MR) is 79.2 cm³/mol. The fraction of sp³-hybridized carbons (Fsp3) is 0.562. The van der Waals surface area contributed by atoms with E-state index in [-0.39, 0.29) is 23.2 Å². The molecule has 2 aliphatic rings. The third-order valence-electron chi connectivity index (χ3n) is 3.76. The van der Waals surface area contributed by atoms with Gasteiger partial charge in [-0.1, -0.05) is 5.16 Å². The number of benzene rings is 1. The first-order valence-electron chi connectivity index (χ1n) is 7.56. The number of hydrogen-bond acceptors (Lipinski definition) is 5. The first-order chi connectivity index (χ1) is 11.0. The average molecular weight is 327 g/mol. The summed E-state index contributed by atoms with van der Waals surface area (Å²) in [6, 6.07) is 4.81. The van der Waals surface area contributed by atoms with Crippen molar-refractivity contribution in [1.82, 2.24) is 0 Å². The second-order valence-corrected chi connectivity index (χ2v) is 6.00. The lowest BCUT2D eigenvalue weighted by Gasteiger charge is -2.18. The molecule has 3 rings (SSSR count). The van der Waals surface area contributed by atoms with Gasteiger partial charge in [0.2, 0.25) is 0 Å². The highest BCUT2D eigenvalue weighted by molar-refractivity contribution is 6.02. The van der Waals surface area contributed by atoms with Gasteiger partial charge in [-0.15, -0.1) is 0 Å². The van der Waals surface area contributed by atoms with E-state index < -0.39 is 6.61 Å². The smallest absolute Gasteiger partial charge is 0.387 e. The van der Waals surface area contributed by atoms with Crippen LogP contribution in [0.4, 0.5) is 8.78 Å². The van der Waals surface area contributed by atoms with Gasteiger partial charge < -0.3 is 19.0 Å². The molecule has 0 aliphatic carbocycles. The maximum absolute atomic E-state index is 12.5. The zero-order chi connectivity index (χ0) is 16.4. The van der Waals surface area contributed by atoms with Crippen molar-refractivity contribution in [1.29, 1.82) is 0 Å². The van der Waals surface area contributed by atoms with E-state index in [4.69, 9.17) is 14.3 Å². The van der Waals surface area contributed by atoms with Gasteiger partial charge in [-0.3, -0.25) is 0 Å². The molecule has 2 heterocycles. The van der Waals surface area contributed by atoms with Gasteiger partial charge in [-0.05, 0) is 32.0 Å². The van der Waals surface area contributed by atoms with E-state index in [2.05, 4.69) is 9.89 Å². The molecule has 1 aromatic rings. The largest absolute Gasteiger partial charge is 0.487 e. The van der Waals surface area contributed by atoms with E-state index in [1.165, 1.54) is 6.07 Å². The van der Waals surface area contributed by atoms with Crippen LogP contribution < -0.4 is 9.47 Å². The SMILES string of the molecule is CC(C)Oc1cc(C2=NO[C@@]3(CCOC3)C2)ccc1OC(F)F. The van der Waals surface area contributed by atoms with Crippen LogP contribution in [0, 0.1) is 0 Å². The second-order valence-electron chi connectivity index (χ2n) is 6.00. The lowest BCUT2D eigenvalue weighted by molar-refractivity contribution is -0.0518. The Bertz CT molecular complexity index is 598. The lowest BCUT2D eigenvalue weighted by Crippen LogP contribution is -2.29. The number of ether oxygens (including phenoxy) is 3. The van der Waals surface area contributed by atoms with Crippen LogP contribution in [0.25, 0.3) is 0 Å². The van der Waals surface area contributed by atoms with Crippen molar-refractivity contribution in [2.45, 2.75) is 45.0 Å². The fourth-order valence-corrected chi connectivity index (χ4v) is 2.70. The van der Waals surface area contributed by atoms with Crippen molar-refractivity contribution in [2.24, 2.45) is 5.16 Å². The number of oxime groups is 1. The second kappa shape index (κ2) is 6.31. The molecule has 0 N–H and O–H groups in total. The van der Waals surface area contributed by atoms with Crippen LogP contribution in [-0.2, 0) is 9.57 Å². The Morgan fingerprint density at radius 2 is 2.04 bits per heavy atom. The Morgan fingerprint density at radius 3 is 2.70 bits per heavy atom. The molecule has 5 nitrogen and oxygen atoms in total. The molecule has 7 heteroatoms. The summed E-state index contributed by atoms with van der Waals surface area (Å²) in [6.45, 7) is 1.91. The molecule has 0 aromatic heterocycles. The summed E-state index contributed by atoms with van der Waals surface area (Å²) in [7, 11) is 0. The number of alkyl halides is 2. The molecule has 0 unspecified atom stereocenters. The Hall–Kier alpha value is -1.89. The third kappa shape index (κ3) is 3.55. The molecule has 1 spiro atoms. The number of rotatable bonds is 5. The van der Waals surface area contributed by atoms with E-state index in [9.17, 15) is 8.78 Å². The Morgan fingerprint density at radius 1 is 1.22 bits per heavy atom. The lowest BCUT2D eigenvalue weighted by atomic mass is 9.93. The summed E-state index contributed by atoms with van der Waals surface area (Å²) in [4.78, 5) is 5.56. The van der Waals surface area contributed by atoms with Crippen molar-refractivity contribution >= 4 is 5.71 Å². The minimum absolute atomic E-state index is 0.0101. The molecule has 1 saturated heterocycles. The molecule has 0 bridgehead atoms. The van der Waals surface area contributed by atoms with E-state index in [0.717, 1.165) is 17.7 Å². The fourth-order valence-electron chi connectivity index (χ4n) is 2.70. The quantitative estimate of drug-likeness (QED) is 0.832. The Kier molecular flexibility index (Phi) is 4.39. The zero-order valence-corrected chi connectivity index (χ0v) is 13.1. The van der Waals surface area contributed by atoms with Crippen LogP contribution in [0.2, 0.25) is 0 Å². The van der Waals surface area contributed by atoms with Crippen molar-refractivity contribution < 1.29 is 27.8 Å². The highest BCUT2D eigenvalue weighted by Crippen LogP contribution is 2.36. The van der Waals surface area contributed by atoms with Crippen molar-refractivity contribution in [3.8, 4) is 11.5 Å². The van der Waals surface area contributed by atoms with Gasteiger partial charge >= 0.3 is 6.61 Å². The van der Waals surface area contributed by atoms with Crippen molar-refractivity contribution in [3.63, 3.8) is 0 Å². The topological polar surface area (TPSA) is 49.3 Å². The first kappa shape index (κ1) is 16.0. The molecule has 2 aliphatic heterocycles. The number of nitrogens with zero attached hydrogens (tertiary/aromatic N) is 1. The summed E-state index contributed by atoms with van der Waals surface area (Å²) in [5.74, 6) is 0.278. The van der Waals surface area contributed by atoms with Crippen molar-refractivity contribution in [2.75, 3.05) is 13.2 Å². The summed E-state index contributed by atoms with van der Waals surface area (Å²) in [5.41, 5.74) is 1.14. The number of halogens is 2. The molecule has 1 atom stereocenters. The van der Waals surface area contributed by atoms with Gasteiger partial charge in [0.05, 0.1) is 25.0 Å². The zero-order valence-electron chi connectivity index (χ0n) is 13.1. The maximum atomic E-state index is 12.5. The van der Waals surface area contributed by atoms with Gasteiger partial charge in [0.25, 0.3) is 0 Å². The van der Waals surface area contributed by atoms with Gasteiger partial charge in [0.1, 0.15) is 0 Å². The van der Waals surface area contributed by atoms with E-state index >= 15 is 0 Å². The van der Waals surface area contributed by atoms with Crippen LogP contribution in [0.1, 0.15) is 32.3 Å². The summed E-state index contributed by atoms with van der Waals surface area (Å²) in [5, 5.41) is 4.14. The number of hydrogen-bond donors (Lipinski definition) is 0. The highest BCUT2D eigenvalue weighted by Gasteiger charge is 2.43. The summed E-state index contributed by atoms with van der Waals surface area (Å²) >= 11 is 0. The van der Waals surface area contributed by atoms with Crippen LogP contribution in [0.15, 0.2) is 23.4 Å². The minimum atomic E-state index is -2.90. The highest BCUT2D eigenvalue weighted by atomic mass is 19.3. The molecule has 1 fully saturated rings. The molecule has 0 radical (unpaired) electrons. The summed E-state index contributed by atoms with van der Waals surface area (Å²) < 4.78 is 40.5. The maximum Gasteiger partial charge on any atom is 0.387 e. The average Bonchev–Trinajstić information content (AvgIpc) is 3.10. The molecule has 126 valence electrons. The van der Waals surface area contributed by atoms with Gasteiger partial charge in [-0.25, -0.2) is 0 Å². The molecule has 1 aromatic carbocycles. The van der Waals surface area contributed by atoms with E-state index in [1.807, 2.05) is 13.8 Å². The van der Waals surface area contributed by atoms with Crippen LogP contribution in [0.3, 0.4) is 0 Å². The Balaban J connectivity index is 1.82. The molecule has 23 heavy (non-hydrogen) atoms. The van der Waals surface area contributed by atoms with Gasteiger partial charge in [0, 0.05) is 18.4 Å². The monoisotopic (exact) mass is 327 g/mol. The Labute approximate surface area is 133 Å². The molecule has 0 amide bonds. The van der Waals surface area contributed by atoms with Crippen LogP contribution in [0.5, 0.6) is 11.5 Å². The summed E-state index contributed by atoms with van der Waals surface area (Å²) in [6.07, 6.45) is 1.26. The first-order valence-corrected chi connectivity index (χ1v) is 7.56. The van der Waals surface area contributed by atoms with E-state index in [1.54, 1.807) is 12.1 Å². The minimum Gasteiger partial charge on any atom is -0.487 e. The molecule has 0 saturated carbocycles. The van der Waals surface area contributed by atoms with E-state index in [0.29, 0.717) is 19.6 Å². The van der Waals surface area contributed by atoms with Gasteiger partial charge in [-0.2, -0.15) is 8.78 Å². The van der Waals surface area contributed by atoms with Crippen molar-refractivity contribution in [3.05, 3.63) is 23.8 Å². The normalized spacial score (nSPS) is 23.5. The standard InChI is InChI=1S/C16H19F2NO4/c1-10(2)21-14-7-11(3-4-13(14)22-15(17)18)12-8-16(23-19-12)5-6-20-9-16/h3-4,7,10,15H,5-6,8-9H2,1-2H3/t16-/m0/s1. The van der Waals surface area contributed by atoms with Crippen LogP contribution in [-0.4, -0.2) is 37.2 Å². The molecular formula is C16H19F2NO4. The third-order valence-corrected chi connectivity index (χ3v) is 3.76. The molecular weight excluding hydrogens is 308 g/mol.